The maximum atomic E-state index is 12.7. The summed E-state index contributed by atoms with van der Waals surface area (Å²) in [6.07, 6.45) is 0.714. The largest absolute Gasteiger partial charge is 0.320 e. The van der Waals surface area contributed by atoms with E-state index in [9.17, 15) is 9.59 Å². The Labute approximate surface area is 156 Å². The number of benzene rings is 3. The van der Waals surface area contributed by atoms with Crippen LogP contribution in [0.15, 0.2) is 89.7 Å². The number of para-hydroxylation sites is 1. The Balaban J connectivity index is 1.63. The summed E-state index contributed by atoms with van der Waals surface area (Å²) in [5.41, 5.74) is 2.89. The van der Waals surface area contributed by atoms with E-state index in [0.717, 1.165) is 16.6 Å². The van der Waals surface area contributed by atoms with Gasteiger partial charge in [0.15, 0.2) is 0 Å². The molecule has 0 saturated carbocycles. The molecule has 0 unspecified atom stereocenters. The summed E-state index contributed by atoms with van der Waals surface area (Å²) in [4.78, 5) is 27.6. The van der Waals surface area contributed by atoms with Crippen LogP contribution in [0.2, 0.25) is 0 Å². The highest BCUT2D eigenvalue weighted by atomic mass is 16.2. The molecule has 0 radical (unpaired) electrons. The number of carbonyl (C=O) groups excluding carboxylic acids is 1. The molecule has 0 atom stereocenters. The Hall–Kier alpha value is -3.66. The zero-order valence-corrected chi connectivity index (χ0v) is 14.6. The van der Waals surface area contributed by atoms with Crippen LogP contribution in [0.4, 0.5) is 5.69 Å². The molecule has 1 aromatic heterocycles. The van der Waals surface area contributed by atoms with E-state index in [0.29, 0.717) is 11.8 Å². The lowest BCUT2D eigenvalue weighted by Crippen LogP contribution is -2.19. The van der Waals surface area contributed by atoms with Crippen LogP contribution < -0.4 is 10.9 Å². The Kier molecular flexibility index (Phi) is 4.54. The summed E-state index contributed by atoms with van der Waals surface area (Å²) < 4.78 is 0. The average molecular weight is 354 g/mol. The van der Waals surface area contributed by atoms with Crippen molar-refractivity contribution in [3.05, 3.63) is 112 Å². The molecule has 1 amide bonds. The van der Waals surface area contributed by atoms with Gasteiger partial charge in [0, 0.05) is 11.1 Å². The quantitative estimate of drug-likeness (QED) is 0.572. The zero-order chi connectivity index (χ0) is 18.6. The fourth-order valence-corrected chi connectivity index (χ4v) is 3.14. The normalized spacial score (nSPS) is 10.7. The minimum absolute atomic E-state index is 0.244. The predicted molar refractivity (Wildman–Crippen MR) is 108 cm³/mol. The summed E-state index contributed by atoms with van der Waals surface area (Å²) in [5.74, 6) is -0.335. The Bertz CT molecular complexity index is 1160. The molecular weight excluding hydrogens is 336 g/mol. The predicted octanol–water partition coefficient (Wildman–Crippen LogP) is 4.37. The second kappa shape index (κ2) is 7.30. The van der Waals surface area contributed by atoms with E-state index in [-0.39, 0.29) is 17.2 Å². The maximum absolute atomic E-state index is 12.7. The molecule has 27 heavy (non-hydrogen) atoms. The number of fused-ring (bicyclic) bond motifs is 1. The first kappa shape index (κ1) is 16.8. The van der Waals surface area contributed by atoms with Crippen LogP contribution in [0.3, 0.4) is 0 Å². The Morgan fingerprint density at radius 1 is 0.852 bits per heavy atom. The van der Waals surface area contributed by atoms with Crippen LogP contribution in [0.5, 0.6) is 0 Å². The van der Waals surface area contributed by atoms with Crippen LogP contribution in [0, 0.1) is 0 Å². The number of nitrogens with one attached hydrogen (secondary N) is 2. The zero-order valence-electron chi connectivity index (χ0n) is 14.6. The van der Waals surface area contributed by atoms with Gasteiger partial charge >= 0.3 is 0 Å². The molecule has 132 valence electrons. The standard InChI is InChI=1S/C23H18N2O2/c26-22-19-12-6-4-10-17(19)15-21(25-22)23(27)24-20-13-7-5-11-18(20)14-16-8-2-1-3-9-16/h1-13,15H,14H2,(H,24,27)(H,25,26). The first-order valence-electron chi connectivity index (χ1n) is 8.76. The van der Waals surface area contributed by atoms with Gasteiger partial charge in [-0.2, -0.15) is 0 Å². The van der Waals surface area contributed by atoms with E-state index >= 15 is 0 Å². The second-order valence-electron chi connectivity index (χ2n) is 6.37. The number of hydrogen-bond donors (Lipinski definition) is 2. The van der Waals surface area contributed by atoms with Crippen molar-refractivity contribution >= 4 is 22.4 Å². The van der Waals surface area contributed by atoms with Gasteiger partial charge in [-0.15, -0.1) is 0 Å². The molecule has 0 bridgehead atoms. The summed E-state index contributed by atoms with van der Waals surface area (Å²) in [6.45, 7) is 0. The van der Waals surface area contributed by atoms with Crippen molar-refractivity contribution in [2.75, 3.05) is 5.32 Å². The number of pyridine rings is 1. The minimum Gasteiger partial charge on any atom is -0.320 e. The molecular formula is C23H18N2O2. The molecule has 0 fully saturated rings. The second-order valence-corrected chi connectivity index (χ2v) is 6.37. The number of aromatic nitrogens is 1. The van der Waals surface area contributed by atoms with Crippen molar-refractivity contribution in [2.45, 2.75) is 6.42 Å². The lowest BCUT2D eigenvalue weighted by Gasteiger charge is -2.11. The first-order valence-corrected chi connectivity index (χ1v) is 8.76. The van der Waals surface area contributed by atoms with Crippen LogP contribution in [-0.2, 0) is 6.42 Å². The maximum Gasteiger partial charge on any atom is 0.272 e. The lowest BCUT2D eigenvalue weighted by molar-refractivity contribution is 0.102. The van der Waals surface area contributed by atoms with Crippen LogP contribution >= 0.6 is 0 Å². The van der Waals surface area contributed by atoms with Crippen molar-refractivity contribution < 1.29 is 4.79 Å². The highest BCUT2D eigenvalue weighted by Crippen LogP contribution is 2.20. The van der Waals surface area contributed by atoms with Crippen molar-refractivity contribution in [1.82, 2.24) is 4.98 Å². The smallest absolute Gasteiger partial charge is 0.272 e. The van der Waals surface area contributed by atoms with Gasteiger partial charge in [-0.1, -0.05) is 66.7 Å². The van der Waals surface area contributed by atoms with Crippen molar-refractivity contribution in [1.29, 1.82) is 0 Å². The molecule has 4 rings (SSSR count). The molecule has 4 heteroatoms. The van der Waals surface area contributed by atoms with Gasteiger partial charge < -0.3 is 10.3 Å². The van der Waals surface area contributed by atoms with Crippen molar-refractivity contribution in [3.8, 4) is 0 Å². The van der Waals surface area contributed by atoms with E-state index < -0.39 is 0 Å². The number of aromatic amines is 1. The number of anilines is 1. The fraction of sp³-hybridized carbons (Fsp3) is 0.0435. The summed E-state index contributed by atoms with van der Waals surface area (Å²) >= 11 is 0. The Morgan fingerprint density at radius 2 is 1.56 bits per heavy atom. The van der Waals surface area contributed by atoms with E-state index in [1.807, 2.05) is 54.6 Å². The van der Waals surface area contributed by atoms with Gasteiger partial charge in [0.1, 0.15) is 5.69 Å². The van der Waals surface area contributed by atoms with Gasteiger partial charge in [0.2, 0.25) is 0 Å². The number of hydrogen-bond acceptors (Lipinski definition) is 2. The fourth-order valence-electron chi connectivity index (χ4n) is 3.14. The summed E-state index contributed by atoms with van der Waals surface area (Å²) in [6, 6.07) is 26.7. The van der Waals surface area contributed by atoms with Crippen LogP contribution in [0.25, 0.3) is 10.8 Å². The lowest BCUT2D eigenvalue weighted by atomic mass is 10.0. The molecule has 3 aromatic carbocycles. The molecule has 0 aliphatic heterocycles. The van der Waals surface area contributed by atoms with E-state index in [1.54, 1.807) is 18.2 Å². The average Bonchev–Trinajstić information content (AvgIpc) is 2.70. The van der Waals surface area contributed by atoms with E-state index in [1.165, 1.54) is 5.56 Å². The van der Waals surface area contributed by atoms with E-state index in [2.05, 4.69) is 22.4 Å². The van der Waals surface area contributed by atoms with Crippen molar-refractivity contribution in [2.24, 2.45) is 0 Å². The van der Waals surface area contributed by atoms with Crippen LogP contribution in [-0.4, -0.2) is 10.9 Å². The highest BCUT2D eigenvalue weighted by Gasteiger charge is 2.12. The third-order valence-electron chi connectivity index (χ3n) is 4.50. The molecule has 0 aliphatic carbocycles. The number of H-pyrrole nitrogens is 1. The van der Waals surface area contributed by atoms with Gasteiger partial charge in [0.05, 0.1) is 0 Å². The Morgan fingerprint density at radius 3 is 2.41 bits per heavy atom. The SMILES string of the molecule is O=C(Nc1ccccc1Cc1ccccc1)c1cc2ccccc2c(=O)[nH]1. The third-order valence-corrected chi connectivity index (χ3v) is 4.50. The molecule has 1 heterocycles. The summed E-state index contributed by atoms with van der Waals surface area (Å²) in [7, 11) is 0. The van der Waals surface area contributed by atoms with Gasteiger partial charge in [-0.3, -0.25) is 9.59 Å². The molecule has 0 aliphatic rings. The molecule has 0 spiro atoms. The van der Waals surface area contributed by atoms with Gasteiger partial charge in [-0.05, 0) is 41.1 Å². The molecule has 0 saturated heterocycles. The first-order chi connectivity index (χ1) is 13.2. The molecule has 4 aromatic rings. The number of carbonyl (C=O) groups is 1. The minimum atomic E-state index is -0.335. The number of amides is 1. The summed E-state index contributed by atoms with van der Waals surface area (Å²) in [5, 5.41) is 4.24. The van der Waals surface area contributed by atoms with Gasteiger partial charge in [0.25, 0.3) is 11.5 Å². The highest BCUT2D eigenvalue weighted by molar-refractivity contribution is 6.05. The topological polar surface area (TPSA) is 62.0 Å². The monoisotopic (exact) mass is 354 g/mol. The molecule has 4 nitrogen and oxygen atoms in total. The third kappa shape index (κ3) is 3.65. The van der Waals surface area contributed by atoms with Crippen molar-refractivity contribution in [3.63, 3.8) is 0 Å². The molecule has 2 N–H and O–H groups in total. The van der Waals surface area contributed by atoms with Crippen LogP contribution in [0.1, 0.15) is 21.6 Å². The van der Waals surface area contributed by atoms with E-state index in [4.69, 9.17) is 0 Å². The number of rotatable bonds is 4. The van der Waals surface area contributed by atoms with Gasteiger partial charge in [-0.25, -0.2) is 0 Å².